The standard InChI is InChI=1S/C17H20N6O/c1-11-12(2)21-23-10-18-20-16(23)14(11)19-15(17(24)22(3)4)13-8-6-5-7-9-13/h5-10,15,19H,1-4H3. The van der Waals surface area contributed by atoms with Crippen molar-refractivity contribution < 1.29 is 4.79 Å². The fourth-order valence-corrected chi connectivity index (χ4v) is 2.56. The third-order valence-electron chi connectivity index (χ3n) is 4.04. The fraction of sp³-hybridized carbons (Fsp3) is 0.294. The summed E-state index contributed by atoms with van der Waals surface area (Å²) in [6, 6.07) is 9.13. The SMILES string of the molecule is Cc1nn2cnnc2c(NC(C(=O)N(C)C)c2ccccc2)c1C. The van der Waals surface area contributed by atoms with Crippen LogP contribution in [-0.4, -0.2) is 44.7 Å². The molecule has 1 unspecified atom stereocenters. The van der Waals surface area contributed by atoms with Crippen LogP contribution in [0.3, 0.4) is 0 Å². The van der Waals surface area contributed by atoms with Gasteiger partial charge >= 0.3 is 0 Å². The predicted molar refractivity (Wildman–Crippen MR) is 91.8 cm³/mol. The quantitative estimate of drug-likeness (QED) is 0.794. The number of fused-ring (bicyclic) bond motifs is 1. The molecule has 2 heterocycles. The van der Waals surface area contributed by atoms with Gasteiger partial charge in [-0.25, -0.2) is 0 Å². The van der Waals surface area contributed by atoms with Crippen molar-refractivity contribution in [2.24, 2.45) is 0 Å². The molecule has 2 aromatic heterocycles. The summed E-state index contributed by atoms with van der Waals surface area (Å²) in [5.74, 6) is -0.0345. The molecule has 0 saturated heterocycles. The van der Waals surface area contributed by atoms with Crippen LogP contribution in [0, 0.1) is 13.8 Å². The van der Waals surface area contributed by atoms with Crippen molar-refractivity contribution in [1.82, 2.24) is 24.7 Å². The first-order valence-corrected chi connectivity index (χ1v) is 7.69. The van der Waals surface area contributed by atoms with Crippen LogP contribution in [0.25, 0.3) is 5.65 Å². The molecule has 0 aliphatic carbocycles. The molecule has 7 nitrogen and oxygen atoms in total. The molecule has 0 bridgehead atoms. The highest BCUT2D eigenvalue weighted by atomic mass is 16.2. The highest BCUT2D eigenvalue weighted by molar-refractivity contribution is 5.87. The maximum atomic E-state index is 12.7. The molecule has 0 spiro atoms. The van der Waals surface area contributed by atoms with Crippen LogP contribution in [0.4, 0.5) is 5.69 Å². The lowest BCUT2D eigenvalue weighted by molar-refractivity contribution is -0.129. The van der Waals surface area contributed by atoms with E-state index in [0.29, 0.717) is 5.65 Å². The fourth-order valence-electron chi connectivity index (χ4n) is 2.56. The molecule has 7 heteroatoms. The summed E-state index contributed by atoms with van der Waals surface area (Å²) in [7, 11) is 3.49. The minimum absolute atomic E-state index is 0.0345. The number of amides is 1. The van der Waals surface area contributed by atoms with Gasteiger partial charge in [-0.05, 0) is 25.0 Å². The van der Waals surface area contributed by atoms with Gasteiger partial charge in [0.15, 0.2) is 0 Å². The van der Waals surface area contributed by atoms with Crippen LogP contribution in [0.1, 0.15) is 22.9 Å². The average molecular weight is 324 g/mol. The molecule has 3 rings (SSSR count). The van der Waals surface area contributed by atoms with E-state index >= 15 is 0 Å². The first-order chi connectivity index (χ1) is 11.5. The van der Waals surface area contributed by atoms with Gasteiger partial charge in [-0.2, -0.15) is 9.61 Å². The number of hydrogen-bond acceptors (Lipinski definition) is 5. The normalized spacial score (nSPS) is 12.2. The Morgan fingerprint density at radius 2 is 1.92 bits per heavy atom. The van der Waals surface area contributed by atoms with Gasteiger partial charge in [-0.15, -0.1) is 10.2 Å². The Bertz CT molecular complexity index is 871. The van der Waals surface area contributed by atoms with Gasteiger partial charge in [0.1, 0.15) is 12.4 Å². The number of benzene rings is 1. The molecule has 0 fully saturated rings. The summed E-state index contributed by atoms with van der Waals surface area (Å²) in [5.41, 5.74) is 4.06. The third-order valence-corrected chi connectivity index (χ3v) is 4.04. The molecule has 1 N–H and O–H groups in total. The number of nitrogens with one attached hydrogen (secondary N) is 1. The lowest BCUT2D eigenvalue weighted by Crippen LogP contribution is -2.33. The second-order valence-corrected chi connectivity index (χ2v) is 5.91. The number of likely N-dealkylation sites (N-methyl/N-ethyl adjacent to an activating group) is 1. The van der Waals surface area contributed by atoms with E-state index in [1.54, 1.807) is 29.8 Å². The minimum Gasteiger partial charge on any atom is -0.367 e. The maximum absolute atomic E-state index is 12.7. The molecule has 24 heavy (non-hydrogen) atoms. The molecule has 1 aromatic carbocycles. The molecule has 3 aromatic rings. The Kier molecular flexibility index (Phi) is 4.16. The van der Waals surface area contributed by atoms with Crippen molar-refractivity contribution >= 4 is 17.2 Å². The number of aryl methyl sites for hydroxylation is 1. The Balaban J connectivity index is 2.10. The molecule has 0 aliphatic heterocycles. The number of nitrogens with zero attached hydrogens (tertiary/aromatic N) is 5. The Morgan fingerprint density at radius 3 is 2.58 bits per heavy atom. The second kappa shape index (κ2) is 6.27. The Hall–Kier alpha value is -2.96. The minimum atomic E-state index is -0.512. The van der Waals surface area contributed by atoms with Gasteiger partial charge in [0, 0.05) is 14.1 Å². The van der Waals surface area contributed by atoms with Gasteiger partial charge in [0.05, 0.1) is 11.4 Å². The van der Waals surface area contributed by atoms with E-state index in [2.05, 4.69) is 20.6 Å². The molecule has 0 aliphatic rings. The van der Waals surface area contributed by atoms with Gasteiger partial charge in [-0.1, -0.05) is 30.3 Å². The average Bonchev–Trinajstić information content (AvgIpc) is 3.03. The number of anilines is 1. The molecule has 0 saturated carbocycles. The van der Waals surface area contributed by atoms with E-state index in [4.69, 9.17) is 0 Å². The first-order valence-electron chi connectivity index (χ1n) is 7.69. The van der Waals surface area contributed by atoms with Crippen LogP contribution < -0.4 is 5.32 Å². The van der Waals surface area contributed by atoms with Gasteiger partial charge in [-0.3, -0.25) is 4.79 Å². The van der Waals surface area contributed by atoms with E-state index in [1.165, 1.54) is 0 Å². The Labute approximate surface area is 140 Å². The zero-order chi connectivity index (χ0) is 17.3. The number of carbonyl (C=O) groups is 1. The molecule has 124 valence electrons. The topological polar surface area (TPSA) is 75.4 Å². The highest BCUT2D eigenvalue weighted by Crippen LogP contribution is 2.27. The summed E-state index contributed by atoms with van der Waals surface area (Å²) in [4.78, 5) is 14.3. The number of rotatable bonds is 4. The van der Waals surface area contributed by atoms with Crippen molar-refractivity contribution in [3.8, 4) is 0 Å². The maximum Gasteiger partial charge on any atom is 0.249 e. The number of carbonyl (C=O) groups excluding carboxylic acids is 1. The zero-order valence-electron chi connectivity index (χ0n) is 14.2. The summed E-state index contributed by atoms with van der Waals surface area (Å²) in [6.45, 7) is 3.88. The van der Waals surface area contributed by atoms with Crippen LogP contribution >= 0.6 is 0 Å². The summed E-state index contributed by atoms with van der Waals surface area (Å²) >= 11 is 0. The largest absolute Gasteiger partial charge is 0.367 e. The zero-order valence-corrected chi connectivity index (χ0v) is 14.2. The van der Waals surface area contributed by atoms with Gasteiger partial charge in [0.2, 0.25) is 11.6 Å². The lowest BCUT2D eigenvalue weighted by Gasteiger charge is -2.24. The van der Waals surface area contributed by atoms with Crippen molar-refractivity contribution in [3.63, 3.8) is 0 Å². The van der Waals surface area contributed by atoms with Crippen molar-refractivity contribution in [2.45, 2.75) is 19.9 Å². The lowest BCUT2D eigenvalue weighted by atomic mass is 10.0. The smallest absolute Gasteiger partial charge is 0.249 e. The predicted octanol–water partition coefficient (Wildman–Crippen LogP) is 1.98. The Morgan fingerprint density at radius 1 is 1.21 bits per heavy atom. The summed E-state index contributed by atoms with van der Waals surface area (Å²) < 4.78 is 1.62. The van der Waals surface area contributed by atoms with E-state index in [1.807, 2.05) is 44.2 Å². The van der Waals surface area contributed by atoms with Crippen LogP contribution in [-0.2, 0) is 4.79 Å². The van der Waals surface area contributed by atoms with Crippen molar-refractivity contribution in [3.05, 3.63) is 53.5 Å². The molecule has 0 radical (unpaired) electrons. The molecule has 1 amide bonds. The number of hydrogen-bond donors (Lipinski definition) is 1. The van der Waals surface area contributed by atoms with E-state index in [0.717, 1.165) is 22.5 Å². The van der Waals surface area contributed by atoms with E-state index in [-0.39, 0.29) is 5.91 Å². The summed E-state index contributed by atoms with van der Waals surface area (Å²) in [6.07, 6.45) is 1.55. The summed E-state index contributed by atoms with van der Waals surface area (Å²) in [5, 5.41) is 15.8. The molecule has 1 atom stereocenters. The van der Waals surface area contributed by atoms with Crippen molar-refractivity contribution in [1.29, 1.82) is 0 Å². The van der Waals surface area contributed by atoms with Crippen LogP contribution in [0.2, 0.25) is 0 Å². The van der Waals surface area contributed by atoms with Gasteiger partial charge in [0.25, 0.3) is 0 Å². The van der Waals surface area contributed by atoms with E-state index < -0.39 is 6.04 Å². The third kappa shape index (κ3) is 2.80. The van der Waals surface area contributed by atoms with Crippen LogP contribution in [0.5, 0.6) is 0 Å². The monoisotopic (exact) mass is 324 g/mol. The number of aromatic nitrogens is 4. The van der Waals surface area contributed by atoms with Gasteiger partial charge < -0.3 is 10.2 Å². The first kappa shape index (κ1) is 15.9. The molecular weight excluding hydrogens is 304 g/mol. The van der Waals surface area contributed by atoms with E-state index in [9.17, 15) is 4.79 Å². The molecular formula is C17H20N6O. The second-order valence-electron chi connectivity index (χ2n) is 5.91. The highest BCUT2D eigenvalue weighted by Gasteiger charge is 2.24. The van der Waals surface area contributed by atoms with Crippen LogP contribution in [0.15, 0.2) is 36.7 Å². The van der Waals surface area contributed by atoms with Crippen molar-refractivity contribution in [2.75, 3.05) is 19.4 Å².